The van der Waals surface area contributed by atoms with E-state index < -0.39 is 4.92 Å². The van der Waals surface area contributed by atoms with Crippen LogP contribution in [-0.2, 0) is 0 Å². The molecule has 0 aliphatic carbocycles. The topological polar surface area (TPSA) is 73.8 Å². The lowest BCUT2D eigenvalue weighted by Gasteiger charge is -2.01. The Morgan fingerprint density at radius 1 is 1.50 bits per heavy atom. The lowest BCUT2D eigenvalue weighted by molar-refractivity contribution is -0.384. The van der Waals surface area contributed by atoms with E-state index in [0.29, 0.717) is 4.47 Å². The molecule has 8 heteroatoms. The largest absolute Gasteiger partial charge is 0.315 e. The number of rotatable bonds is 2. The van der Waals surface area contributed by atoms with Gasteiger partial charge in [0.15, 0.2) is 0 Å². The lowest BCUT2D eigenvalue weighted by Crippen LogP contribution is -2.03. The molecule has 0 amide bonds. The van der Waals surface area contributed by atoms with Gasteiger partial charge in [-0.05, 0) is 15.9 Å². The van der Waals surface area contributed by atoms with Gasteiger partial charge in [-0.3, -0.25) is 10.1 Å². The van der Waals surface area contributed by atoms with Crippen molar-refractivity contribution >= 4 is 33.2 Å². The Bertz CT molecular complexity index is 557. The highest BCUT2D eigenvalue weighted by Crippen LogP contribution is 2.24. The third-order valence-electron chi connectivity index (χ3n) is 1.78. The molecule has 0 aromatic carbocycles. The standard InChI is InChI=1S/C8H4BrClN4O2/c9-5-2-12-13(4-5)8-7(14(15)16)1-6(10)3-11-8/h1-4H. The van der Waals surface area contributed by atoms with Crippen molar-refractivity contribution in [3.8, 4) is 5.82 Å². The Balaban J connectivity index is 2.60. The second kappa shape index (κ2) is 4.18. The summed E-state index contributed by atoms with van der Waals surface area (Å²) >= 11 is 8.85. The quantitative estimate of drug-likeness (QED) is 0.631. The summed E-state index contributed by atoms with van der Waals surface area (Å²) in [6.07, 6.45) is 4.42. The number of halogens is 2. The molecule has 0 saturated carbocycles. The first kappa shape index (κ1) is 11.0. The second-order valence-corrected chi connectivity index (χ2v) is 4.21. The molecule has 2 aromatic rings. The minimum absolute atomic E-state index is 0.125. The fraction of sp³-hybridized carbons (Fsp3) is 0. The van der Waals surface area contributed by atoms with E-state index in [1.54, 1.807) is 6.20 Å². The van der Waals surface area contributed by atoms with Gasteiger partial charge in [0, 0.05) is 18.5 Å². The van der Waals surface area contributed by atoms with E-state index in [1.807, 2.05) is 0 Å². The maximum absolute atomic E-state index is 10.8. The summed E-state index contributed by atoms with van der Waals surface area (Å²) in [5.74, 6) is 0.125. The van der Waals surface area contributed by atoms with E-state index in [0.717, 1.165) is 0 Å². The first-order valence-electron chi connectivity index (χ1n) is 4.08. The number of nitrogens with zero attached hydrogens (tertiary/aromatic N) is 4. The minimum atomic E-state index is -0.552. The van der Waals surface area contributed by atoms with E-state index in [1.165, 1.54) is 23.1 Å². The molecule has 0 spiro atoms. The molecule has 0 radical (unpaired) electrons. The van der Waals surface area contributed by atoms with E-state index in [4.69, 9.17) is 11.6 Å². The zero-order valence-electron chi connectivity index (χ0n) is 7.67. The maximum atomic E-state index is 10.8. The molecule has 2 heterocycles. The van der Waals surface area contributed by atoms with E-state index in [2.05, 4.69) is 26.0 Å². The van der Waals surface area contributed by atoms with E-state index in [-0.39, 0.29) is 16.5 Å². The van der Waals surface area contributed by atoms with E-state index in [9.17, 15) is 10.1 Å². The zero-order chi connectivity index (χ0) is 11.7. The van der Waals surface area contributed by atoms with Crippen LogP contribution in [0.5, 0.6) is 0 Å². The predicted molar refractivity (Wildman–Crippen MR) is 60.7 cm³/mol. The van der Waals surface area contributed by atoms with Crippen molar-refractivity contribution in [3.05, 3.63) is 44.3 Å². The van der Waals surface area contributed by atoms with Crippen LogP contribution in [0.15, 0.2) is 29.1 Å². The summed E-state index contributed by atoms with van der Waals surface area (Å²) in [7, 11) is 0. The van der Waals surface area contributed by atoms with Gasteiger partial charge >= 0.3 is 5.69 Å². The lowest BCUT2D eigenvalue weighted by atomic mass is 10.4. The van der Waals surface area contributed by atoms with Crippen molar-refractivity contribution in [2.75, 3.05) is 0 Å². The Hall–Kier alpha value is -1.47. The van der Waals surface area contributed by atoms with Crippen LogP contribution in [0.25, 0.3) is 5.82 Å². The SMILES string of the molecule is O=[N+]([O-])c1cc(Cl)cnc1-n1cc(Br)cn1. The Morgan fingerprint density at radius 2 is 2.25 bits per heavy atom. The summed E-state index contributed by atoms with van der Waals surface area (Å²) in [5.41, 5.74) is -0.192. The fourth-order valence-corrected chi connectivity index (χ4v) is 1.59. The van der Waals surface area contributed by atoms with Crippen LogP contribution in [0.3, 0.4) is 0 Å². The third-order valence-corrected chi connectivity index (χ3v) is 2.39. The summed E-state index contributed by atoms with van der Waals surface area (Å²) < 4.78 is 2.01. The molecule has 0 fully saturated rings. The van der Waals surface area contributed by atoms with Crippen molar-refractivity contribution in [3.63, 3.8) is 0 Å². The van der Waals surface area contributed by atoms with Crippen LogP contribution in [0.4, 0.5) is 5.69 Å². The van der Waals surface area contributed by atoms with Gasteiger partial charge in [-0.1, -0.05) is 11.6 Å². The predicted octanol–water partition coefficient (Wildman–Crippen LogP) is 2.59. The van der Waals surface area contributed by atoms with Crippen molar-refractivity contribution in [2.24, 2.45) is 0 Å². The smallest absolute Gasteiger partial charge is 0.258 e. The number of nitro groups is 1. The molecule has 0 bridgehead atoms. The first-order chi connectivity index (χ1) is 7.58. The van der Waals surface area contributed by atoms with Gasteiger partial charge in [0.2, 0.25) is 5.82 Å². The van der Waals surface area contributed by atoms with Gasteiger partial charge in [-0.2, -0.15) is 5.10 Å². The first-order valence-corrected chi connectivity index (χ1v) is 5.25. The molecule has 0 aliphatic heterocycles. The van der Waals surface area contributed by atoms with Crippen molar-refractivity contribution < 1.29 is 4.92 Å². The molecule has 0 aliphatic rings. The average molecular weight is 304 g/mol. The molecule has 2 rings (SSSR count). The average Bonchev–Trinajstić information content (AvgIpc) is 2.64. The van der Waals surface area contributed by atoms with Crippen LogP contribution < -0.4 is 0 Å². The number of hydrogen-bond acceptors (Lipinski definition) is 4. The fourth-order valence-electron chi connectivity index (χ4n) is 1.15. The molecule has 0 atom stereocenters. The van der Waals surface area contributed by atoms with Gasteiger partial charge in [-0.25, -0.2) is 9.67 Å². The molecule has 0 unspecified atom stereocenters. The summed E-state index contributed by atoms with van der Waals surface area (Å²) in [5, 5.41) is 14.9. The molecule has 6 nitrogen and oxygen atoms in total. The highest BCUT2D eigenvalue weighted by Gasteiger charge is 2.18. The van der Waals surface area contributed by atoms with Gasteiger partial charge in [0.25, 0.3) is 0 Å². The Kier molecular flexibility index (Phi) is 2.88. The number of aromatic nitrogens is 3. The van der Waals surface area contributed by atoms with Crippen molar-refractivity contribution in [1.82, 2.24) is 14.8 Å². The summed E-state index contributed by atoms with van der Waals surface area (Å²) in [6.45, 7) is 0. The summed E-state index contributed by atoms with van der Waals surface area (Å²) in [4.78, 5) is 14.1. The molecule has 0 N–H and O–H groups in total. The monoisotopic (exact) mass is 302 g/mol. The second-order valence-electron chi connectivity index (χ2n) is 2.86. The van der Waals surface area contributed by atoms with E-state index >= 15 is 0 Å². The van der Waals surface area contributed by atoms with Crippen LogP contribution in [-0.4, -0.2) is 19.7 Å². The van der Waals surface area contributed by atoms with Crippen molar-refractivity contribution in [1.29, 1.82) is 0 Å². The normalized spacial score (nSPS) is 10.4. The highest BCUT2D eigenvalue weighted by molar-refractivity contribution is 9.10. The van der Waals surface area contributed by atoms with Crippen molar-refractivity contribution in [2.45, 2.75) is 0 Å². The minimum Gasteiger partial charge on any atom is -0.258 e. The number of hydrogen-bond donors (Lipinski definition) is 0. The molecule has 2 aromatic heterocycles. The molecule has 82 valence electrons. The zero-order valence-corrected chi connectivity index (χ0v) is 10.0. The number of pyridine rings is 1. The molecule has 16 heavy (non-hydrogen) atoms. The molecular formula is C8H4BrClN4O2. The summed E-state index contributed by atoms with van der Waals surface area (Å²) in [6, 6.07) is 1.24. The van der Waals surface area contributed by atoms with Crippen LogP contribution in [0, 0.1) is 10.1 Å². The maximum Gasteiger partial charge on any atom is 0.315 e. The van der Waals surface area contributed by atoms with Gasteiger partial charge in [-0.15, -0.1) is 0 Å². The van der Waals surface area contributed by atoms with Crippen LogP contribution in [0.1, 0.15) is 0 Å². The van der Waals surface area contributed by atoms with Crippen LogP contribution in [0.2, 0.25) is 5.02 Å². The van der Waals surface area contributed by atoms with Gasteiger partial charge < -0.3 is 0 Å². The van der Waals surface area contributed by atoms with Gasteiger partial charge in [0.05, 0.1) is 20.6 Å². The third kappa shape index (κ3) is 2.05. The molecule has 0 saturated heterocycles. The molecular weight excluding hydrogens is 299 g/mol. The Labute approximate surface area is 103 Å². The highest BCUT2D eigenvalue weighted by atomic mass is 79.9. The Morgan fingerprint density at radius 3 is 2.81 bits per heavy atom. The van der Waals surface area contributed by atoms with Gasteiger partial charge in [0.1, 0.15) is 0 Å². The van der Waals surface area contributed by atoms with Crippen LogP contribution >= 0.6 is 27.5 Å².